The van der Waals surface area contributed by atoms with Crippen LogP contribution in [0.4, 0.5) is 0 Å². The molecule has 1 aromatic heterocycles. The van der Waals surface area contributed by atoms with E-state index in [1.807, 2.05) is 23.6 Å². The lowest BCUT2D eigenvalue weighted by Gasteiger charge is -2.24. The number of aliphatic hydroxyl groups excluding tert-OH is 1. The highest BCUT2D eigenvalue weighted by Crippen LogP contribution is 2.41. The lowest BCUT2D eigenvalue weighted by molar-refractivity contribution is -0.140. The predicted molar refractivity (Wildman–Crippen MR) is 117 cm³/mol. The second-order valence-corrected chi connectivity index (χ2v) is 8.06. The van der Waals surface area contributed by atoms with Gasteiger partial charge in [0, 0.05) is 30.7 Å². The molecule has 30 heavy (non-hydrogen) atoms. The van der Waals surface area contributed by atoms with Crippen LogP contribution in [-0.2, 0) is 14.3 Å². The van der Waals surface area contributed by atoms with E-state index in [1.54, 1.807) is 25.3 Å². The number of ether oxygens (including phenoxy) is 2. The number of Topliss-reactive ketones (excluding diaryl/α,β-unsaturated/α-hetero) is 1. The third kappa shape index (κ3) is 4.74. The van der Waals surface area contributed by atoms with Crippen molar-refractivity contribution in [1.82, 2.24) is 4.90 Å². The Hall–Kier alpha value is -2.64. The lowest BCUT2D eigenvalue weighted by Crippen LogP contribution is -2.31. The molecule has 0 bridgehead atoms. The minimum absolute atomic E-state index is 0.116. The number of carbonyl (C=O) groups excluding carboxylic acids is 2. The van der Waals surface area contributed by atoms with Crippen molar-refractivity contribution in [3.8, 4) is 5.75 Å². The van der Waals surface area contributed by atoms with Gasteiger partial charge in [-0.05, 0) is 36.4 Å². The average Bonchev–Trinajstić information content (AvgIpc) is 3.36. The van der Waals surface area contributed by atoms with Crippen LogP contribution in [-0.4, -0.2) is 48.6 Å². The second-order valence-electron chi connectivity index (χ2n) is 7.08. The Kier molecular flexibility index (Phi) is 7.65. The van der Waals surface area contributed by atoms with Gasteiger partial charge in [0.2, 0.25) is 0 Å². The van der Waals surface area contributed by atoms with Crippen molar-refractivity contribution >= 4 is 28.8 Å². The predicted octanol–water partition coefficient (Wildman–Crippen LogP) is 4.39. The lowest BCUT2D eigenvalue weighted by atomic mass is 9.99. The van der Waals surface area contributed by atoms with E-state index in [9.17, 15) is 14.7 Å². The summed E-state index contributed by atoms with van der Waals surface area (Å²) in [6.45, 7) is 3.52. The van der Waals surface area contributed by atoms with Crippen molar-refractivity contribution in [2.45, 2.75) is 32.2 Å². The van der Waals surface area contributed by atoms with Crippen LogP contribution >= 0.6 is 11.3 Å². The summed E-state index contributed by atoms with van der Waals surface area (Å²) in [5.41, 5.74) is 0.575. The number of thiophene rings is 1. The van der Waals surface area contributed by atoms with Gasteiger partial charge in [0.05, 0.1) is 18.2 Å². The molecule has 1 fully saturated rings. The van der Waals surface area contributed by atoms with E-state index in [0.717, 1.165) is 17.7 Å². The van der Waals surface area contributed by atoms with Gasteiger partial charge < -0.3 is 19.5 Å². The van der Waals surface area contributed by atoms with Crippen molar-refractivity contribution in [2.24, 2.45) is 0 Å². The number of methoxy groups -OCH3 is 1. The first kappa shape index (κ1) is 22.1. The van der Waals surface area contributed by atoms with Crippen molar-refractivity contribution < 1.29 is 24.2 Å². The SMILES string of the molecule is CCCCOc1cccc(/C(O)=C2\C(=O)C(=O)N(CCCOC)C2c2cccs2)c1. The molecular formula is C23H27NO5S. The molecule has 1 unspecified atom stereocenters. The van der Waals surface area contributed by atoms with Crippen molar-refractivity contribution in [3.63, 3.8) is 0 Å². The van der Waals surface area contributed by atoms with Crippen LogP contribution in [0.1, 0.15) is 42.7 Å². The van der Waals surface area contributed by atoms with Crippen LogP contribution < -0.4 is 4.74 Å². The molecule has 0 radical (unpaired) electrons. The highest BCUT2D eigenvalue weighted by Gasteiger charge is 2.46. The summed E-state index contributed by atoms with van der Waals surface area (Å²) >= 11 is 1.45. The Morgan fingerprint density at radius 1 is 1.17 bits per heavy atom. The Balaban J connectivity index is 1.98. The van der Waals surface area contributed by atoms with Gasteiger partial charge in [-0.3, -0.25) is 9.59 Å². The maximum absolute atomic E-state index is 12.9. The zero-order valence-electron chi connectivity index (χ0n) is 17.3. The molecule has 1 saturated heterocycles. The van der Waals surface area contributed by atoms with E-state index >= 15 is 0 Å². The van der Waals surface area contributed by atoms with E-state index in [0.29, 0.717) is 37.5 Å². The molecule has 1 aliphatic rings. The molecule has 1 aliphatic heterocycles. The monoisotopic (exact) mass is 429 g/mol. The van der Waals surface area contributed by atoms with E-state index in [-0.39, 0.29) is 11.3 Å². The Bertz CT molecular complexity index is 906. The molecule has 2 heterocycles. The Labute approximate surface area is 180 Å². The molecule has 1 atom stereocenters. The summed E-state index contributed by atoms with van der Waals surface area (Å²) in [7, 11) is 1.60. The zero-order chi connectivity index (χ0) is 21.5. The molecular weight excluding hydrogens is 402 g/mol. The first-order valence-corrected chi connectivity index (χ1v) is 11.0. The largest absolute Gasteiger partial charge is 0.507 e. The van der Waals surface area contributed by atoms with Crippen LogP contribution in [0.15, 0.2) is 47.4 Å². The molecule has 6 nitrogen and oxygen atoms in total. The number of rotatable bonds is 10. The minimum Gasteiger partial charge on any atom is -0.507 e. The number of amides is 1. The van der Waals surface area contributed by atoms with E-state index in [4.69, 9.17) is 9.47 Å². The van der Waals surface area contributed by atoms with Gasteiger partial charge in [0.25, 0.3) is 11.7 Å². The van der Waals surface area contributed by atoms with Gasteiger partial charge in [-0.1, -0.05) is 31.5 Å². The third-order valence-corrected chi connectivity index (χ3v) is 5.90. The van der Waals surface area contributed by atoms with Crippen LogP contribution in [0.5, 0.6) is 5.75 Å². The molecule has 7 heteroatoms. The molecule has 1 amide bonds. The summed E-state index contributed by atoms with van der Waals surface area (Å²) in [6, 6.07) is 10.1. The van der Waals surface area contributed by atoms with Gasteiger partial charge in [-0.25, -0.2) is 0 Å². The third-order valence-electron chi connectivity index (χ3n) is 4.97. The molecule has 160 valence electrons. The van der Waals surface area contributed by atoms with Gasteiger partial charge in [-0.15, -0.1) is 11.3 Å². The number of likely N-dealkylation sites (tertiary alicyclic amines) is 1. The second kappa shape index (κ2) is 10.4. The number of ketones is 1. The first-order valence-electron chi connectivity index (χ1n) is 10.1. The maximum atomic E-state index is 12.9. The van der Waals surface area contributed by atoms with E-state index in [2.05, 4.69) is 6.92 Å². The summed E-state index contributed by atoms with van der Waals surface area (Å²) < 4.78 is 10.8. The van der Waals surface area contributed by atoms with Gasteiger partial charge >= 0.3 is 0 Å². The zero-order valence-corrected chi connectivity index (χ0v) is 18.1. The number of hydrogen-bond donors (Lipinski definition) is 1. The number of hydrogen-bond acceptors (Lipinski definition) is 6. The van der Waals surface area contributed by atoms with Crippen molar-refractivity contribution in [3.05, 3.63) is 57.8 Å². The smallest absolute Gasteiger partial charge is 0.295 e. The van der Waals surface area contributed by atoms with Gasteiger partial charge in [0.1, 0.15) is 11.5 Å². The van der Waals surface area contributed by atoms with Gasteiger partial charge in [-0.2, -0.15) is 0 Å². The Morgan fingerprint density at radius 2 is 2.00 bits per heavy atom. The number of aliphatic hydroxyl groups is 1. The van der Waals surface area contributed by atoms with Crippen LogP contribution in [0.25, 0.3) is 5.76 Å². The fourth-order valence-corrected chi connectivity index (χ4v) is 4.30. The van der Waals surface area contributed by atoms with Crippen LogP contribution in [0, 0.1) is 0 Å². The maximum Gasteiger partial charge on any atom is 0.295 e. The van der Waals surface area contributed by atoms with Crippen molar-refractivity contribution in [1.29, 1.82) is 0 Å². The highest BCUT2D eigenvalue weighted by molar-refractivity contribution is 7.10. The summed E-state index contributed by atoms with van der Waals surface area (Å²) in [6.07, 6.45) is 2.56. The molecule has 1 N–H and O–H groups in total. The van der Waals surface area contributed by atoms with Crippen LogP contribution in [0.3, 0.4) is 0 Å². The quantitative estimate of drug-likeness (QED) is 0.262. The molecule has 0 spiro atoms. The topological polar surface area (TPSA) is 76.1 Å². The first-order chi connectivity index (χ1) is 14.6. The number of carbonyl (C=O) groups is 2. The molecule has 1 aromatic carbocycles. The number of benzene rings is 1. The summed E-state index contributed by atoms with van der Waals surface area (Å²) in [4.78, 5) is 28.0. The molecule has 0 aliphatic carbocycles. The molecule has 3 rings (SSSR count). The minimum atomic E-state index is -0.666. The fourth-order valence-electron chi connectivity index (χ4n) is 3.46. The van der Waals surface area contributed by atoms with Gasteiger partial charge in [0.15, 0.2) is 0 Å². The van der Waals surface area contributed by atoms with E-state index < -0.39 is 17.7 Å². The molecule has 0 saturated carbocycles. The number of nitrogens with zero attached hydrogens (tertiary/aromatic N) is 1. The fraction of sp³-hybridized carbons (Fsp3) is 0.391. The number of unbranched alkanes of at least 4 members (excludes halogenated alkanes) is 1. The van der Waals surface area contributed by atoms with Crippen molar-refractivity contribution in [2.75, 3.05) is 26.9 Å². The van der Waals surface area contributed by atoms with E-state index in [1.165, 1.54) is 16.2 Å². The standard InChI is InChI=1S/C23H27NO5S/c1-3-4-13-29-17-9-5-8-16(15-17)21(25)19-20(18-10-6-14-30-18)24(11-7-12-28-2)23(27)22(19)26/h5-6,8-10,14-15,20,25H,3-4,7,11-13H2,1-2H3/b21-19+. The summed E-state index contributed by atoms with van der Waals surface area (Å²) in [5, 5.41) is 13.0. The summed E-state index contributed by atoms with van der Waals surface area (Å²) in [5.74, 6) is -0.821. The average molecular weight is 430 g/mol. The molecule has 2 aromatic rings. The Morgan fingerprint density at radius 3 is 2.70 bits per heavy atom. The highest BCUT2D eigenvalue weighted by atomic mass is 32.1. The normalized spacial score (nSPS) is 18.2. The van der Waals surface area contributed by atoms with Crippen LogP contribution in [0.2, 0.25) is 0 Å².